The second-order valence-corrected chi connectivity index (χ2v) is 7.59. The number of hydrogen-bond acceptors (Lipinski definition) is 8. The molecule has 14 heteroatoms. The highest BCUT2D eigenvalue weighted by Gasteiger charge is 2.38. The Morgan fingerprint density at radius 2 is 1.69 bits per heavy atom. The smallest absolute Gasteiger partial charge is 0.326 e. The van der Waals surface area contributed by atoms with E-state index in [4.69, 9.17) is 22.3 Å². The third kappa shape index (κ3) is 7.77. The summed E-state index contributed by atoms with van der Waals surface area (Å²) in [6.45, 7) is 1.55. The van der Waals surface area contributed by atoms with Crippen molar-refractivity contribution in [1.29, 1.82) is 0 Å². The van der Waals surface area contributed by atoms with Crippen LogP contribution in [0.3, 0.4) is 0 Å². The third-order valence-corrected chi connectivity index (χ3v) is 4.98. The van der Waals surface area contributed by atoms with Gasteiger partial charge in [-0.15, -0.1) is 0 Å². The summed E-state index contributed by atoms with van der Waals surface area (Å²) in [7, 11) is 0. The summed E-state index contributed by atoms with van der Waals surface area (Å²) in [5.41, 5.74) is 15.8. The van der Waals surface area contributed by atoms with Gasteiger partial charge >= 0.3 is 5.97 Å². The summed E-state index contributed by atoms with van der Waals surface area (Å²) in [5, 5.41) is 23.2. The maximum absolute atomic E-state index is 12.8. The molecule has 0 bridgehead atoms. The zero-order valence-corrected chi connectivity index (χ0v) is 17.7. The number of likely N-dealkylation sites (tertiary alicyclic amines) is 1. The molecule has 0 aliphatic carbocycles. The highest BCUT2D eigenvalue weighted by molar-refractivity contribution is 5.95. The second-order valence-electron chi connectivity index (χ2n) is 7.59. The van der Waals surface area contributed by atoms with Crippen LogP contribution in [0.2, 0.25) is 0 Å². The lowest BCUT2D eigenvalue weighted by atomic mass is 10.1. The Labute approximate surface area is 183 Å². The molecular formula is C18H30N6O8. The van der Waals surface area contributed by atoms with E-state index in [0.29, 0.717) is 6.42 Å². The standard InChI is InChI=1S/C18H30N6O8/c1-8(25)14(21)17(30)24-6-2-3-11(24)16(29)22-9(4-5-12(19)26)15(28)23-10(18(31)32)7-13(20)27/h8-11,14,25H,2-7,21H2,1H3,(H2,19,26)(H2,20,27)(H,22,29)(H,23,28)(H,31,32). The lowest BCUT2D eigenvalue weighted by molar-refractivity contribution is -0.144. The summed E-state index contributed by atoms with van der Waals surface area (Å²) in [6, 6.07) is -5.21. The van der Waals surface area contributed by atoms with E-state index in [1.54, 1.807) is 0 Å². The first kappa shape index (κ1) is 26.8. The molecule has 0 saturated carbocycles. The number of primary amides is 2. The van der Waals surface area contributed by atoms with Crippen molar-refractivity contribution in [3.63, 3.8) is 0 Å². The summed E-state index contributed by atoms with van der Waals surface area (Å²) in [6.07, 6.45) is -1.61. The lowest BCUT2D eigenvalue weighted by Crippen LogP contribution is -2.57. The molecular weight excluding hydrogens is 428 g/mol. The van der Waals surface area contributed by atoms with E-state index in [1.165, 1.54) is 11.8 Å². The van der Waals surface area contributed by atoms with Crippen LogP contribution in [0.1, 0.15) is 39.0 Å². The van der Waals surface area contributed by atoms with Gasteiger partial charge in [0.1, 0.15) is 24.2 Å². The lowest BCUT2D eigenvalue weighted by Gasteiger charge is -2.29. The van der Waals surface area contributed by atoms with Gasteiger partial charge in [-0.2, -0.15) is 0 Å². The molecule has 1 aliphatic rings. The number of amides is 5. The molecule has 32 heavy (non-hydrogen) atoms. The van der Waals surface area contributed by atoms with E-state index < -0.39 is 72.2 Å². The first-order chi connectivity index (χ1) is 14.8. The van der Waals surface area contributed by atoms with Crippen LogP contribution in [0.4, 0.5) is 0 Å². The van der Waals surface area contributed by atoms with Gasteiger partial charge in [0.05, 0.1) is 12.5 Å². The van der Waals surface area contributed by atoms with Gasteiger partial charge in [0.25, 0.3) is 0 Å². The minimum Gasteiger partial charge on any atom is -0.480 e. The van der Waals surface area contributed by atoms with Crippen molar-refractivity contribution >= 4 is 35.5 Å². The monoisotopic (exact) mass is 458 g/mol. The second kappa shape index (κ2) is 12.0. The largest absolute Gasteiger partial charge is 0.480 e. The number of hydrogen-bond donors (Lipinski definition) is 7. The van der Waals surface area contributed by atoms with Gasteiger partial charge in [0, 0.05) is 13.0 Å². The Balaban J connectivity index is 2.96. The van der Waals surface area contributed by atoms with E-state index in [-0.39, 0.29) is 25.8 Å². The van der Waals surface area contributed by atoms with Gasteiger partial charge in [0.2, 0.25) is 29.5 Å². The number of nitrogens with two attached hydrogens (primary N) is 3. The molecule has 5 amide bonds. The number of aliphatic carboxylic acids is 1. The number of nitrogens with zero attached hydrogens (tertiary/aromatic N) is 1. The van der Waals surface area contributed by atoms with Crippen LogP contribution < -0.4 is 27.8 Å². The SMILES string of the molecule is CC(O)C(N)C(=O)N1CCCC1C(=O)NC(CCC(N)=O)C(=O)NC(CC(N)=O)C(=O)O. The molecule has 1 fully saturated rings. The topological polar surface area (TPSA) is 248 Å². The fourth-order valence-electron chi connectivity index (χ4n) is 3.20. The average Bonchev–Trinajstić information content (AvgIpc) is 3.18. The highest BCUT2D eigenvalue weighted by Crippen LogP contribution is 2.19. The van der Waals surface area contributed by atoms with Crippen molar-refractivity contribution < 1.29 is 39.0 Å². The Kier molecular flexibility index (Phi) is 10.00. The molecule has 180 valence electrons. The molecule has 0 aromatic carbocycles. The van der Waals surface area contributed by atoms with Crippen molar-refractivity contribution in [2.75, 3.05) is 6.54 Å². The summed E-state index contributed by atoms with van der Waals surface area (Å²) in [5.74, 6) is -5.57. The van der Waals surface area contributed by atoms with E-state index >= 15 is 0 Å². The number of carboxylic acid groups (broad SMARTS) is 1. The van der Waals surface area contributed by atoms with Crippen molar-refractivity contribution in [2.45, 2.75) is 69.3 Å². The van der Waals surface area contributed by atoms with Crippen LogP contribution in [0.25, 0.3) is 0 Å². The molecule has 1 heterocycles. The molecule has 0 spiro atoms. The first-order valence-corrected chi connectivity index (χ1v) is 9.99. The molecule has 0 aromatic heterocycles. The molecule has 0 radical (unpaired) electrons. The summed E-state index contributed by atoms with van der Waals surface area (Å²) in [4.78, 5) is 72.5. The number of rotatable bonds is 12. The average molecular weight is 458 g/mol. The number of aliphatic hydroxyl groups is 1. The van der Waals surface area contributed by atoms with Crippen molar-refractivity contribution in [1.82, 2.24) is 15.5 Å². The van der Waals surface area contributed by atoms with Gasteiger partial charge in [0.15, 0.2) is 0 Å². The van der Waals surface area contributed by atoms with Gasteiger partial charge in [-0.1, -0.05) is 0 Å². The predicted molar refractivity (Wildman–Crippen MR) is 108 cm³/mol. The van der Waals surface area contributed by atoms with Crippen LogP contribution >= 0.6 is 0 Å². The fraction of sp³-hybridized carbons (Fsp3) is 0.667. The number of carbonyl (C=O) groups is 6. The molecule has 1 rings (SSSR count). The van der Waals surface area contributed by atoms with E-state index in [2.05, 4.69) is 10.6 Å². The Bertz CT molecular complexity index is 758. The van der Waals surface area contributed by atoms with Crippen LogP contribution in [0.15, 0.2) is 0 Å². The van der Waals surface area contributed by atoms with Crippen molar-refractivity contribution in [2.24, 2.45) is 17.2 Å². The van der Waals surface area contributed by atoms with Gasteiger partial charge in [-0.25, -0.2) is 4.79 Å². The molecule has 5 unspecified atom stereocenters. The van der Waals surface area contributed by atoms with Crippen molar-refractivity contribution in [3.8, 4) is 0 Å². The number of carboxylic acids is 1. The predicted octanol–water partition coefficient (Wildman–Crippen LogP) is -4.12. The van der Waals surface area contributed by atoms with Crippen LogP contribution in [-0.2, 0) is 28.8 Å². The Hall–Kier alpha value is -3.26. The zero-order chi connectivity index (χ0) is 24.6. The minimum absolute atomic E-state index is 0.217. The Morgan fingerprint density at radius 3 is 2.19 bits per heavy atom. The molecule has 14 nitrogen and oxygen atoms in total. The third-order valence-electron chi connectivity index (χ3n) is 4.98. The first-order valence-electron chi connectivity index (χ1n) is 9.99. The van der Waals surface area contributed by atoms with Gasteiger partial charge < -0.3 is 42.9 Å². The van der Waals surface area contributed by atoms with Crippen molar-refractivity contribution in [3.05, 3.63) is 0 Å². The maximum atomic E-state index is 12.8. The summed E-state index contributed by atoms with van der Waals surface area (Å²) < 4.78 is 0. The molecule has 1 saturated heterocycles. The summed E-state index contributed by atoms with van der Waals surface area (Å²) >= 11 is 0. The van der Waals surface area contributed by atoms with Gasteiger partial charge in [-0.05, 0) is 26.2 Å². The molecule has 1 aliphatic heterocycles. The molecule has 0 aromatic rings. The molecule has 10 N–H and O–H groups in total. The zero-order valence-electron chi connectivity index (χ0n) is 17.7. The quantitative estimate of drug-likeness (QED) is 0.150. The van der Waals surface area contributed by atoms with E-state index in [0.717, 1.165) is 0 Å². The number of carbonyl (C=O) groups excluding carboxylic acids is 5. The molecule has 5 atom stereocenters. The van der Waals surface area contributed by atoms with Crippen LogP contribution in [0.5, 0.6) is 0 Å². The Morgan fingerprint density at radius 1 is 1.06 bits per heavy atom. The van der Waals surface area contributed by atoms with E-state index in [1.807, 2.05) is 0 Å². The minimum atomic E-state index is -1.64. The van der Waals surface area contributed by atoms with Gasteiger partial charge in [-0.3, -0.25) is 24.0 Å². The normalized spacial score (nSPS) is 19.3. The number of nitrogens with one attached hydrogen (secondary N) is 2. The number of aliphatic hydroxyl groups excluding tert-OH is 1. The van der Waals surface area contributed by atoms with E-state index in [9.17, 15) is 33.9 Å². The fourth-order valence-corrected chi connectivity index (χ4v) is 3.20. The van der Waals surface area contributed by atoms with Crippen LogP contribution in [-0.4, -0.2) is 87.4 Å². The van der Waals surface area contributed by atoms with Crippen LogP contribution in [0, 0.1) is 0 Å². The maximum Gasteiger partial charge on any atom is 0.326 e. The highest BCUT2D eigenvalue weighted by atomic mass is 16.4.